The van der Waals surface area contributed by atoms with E-state index in [1.807, 2.05) is 23.1 Å². The van der Waals surface area contributed by atoms with Crippen LogP contribution in [0.4, 0.5) is 0 Å². The van der Waals surface area contributed by atoms with Gasteiger partial charge in [0.05, 0.1) is 20.6 Å². The van der Waals surface area contributed by atoms with Crippen LogP contribution in [0.3, 0.4) is 0 Å². The maximum Gasteiger partial charge on any atom is 0.227 e. The van der Waals surface area contributed by atoms with Crippen molar-refractivity contribution in [1.29, 1.82) is 0 Å². The summed E-state index contributed by atoms with van der Waals surface area (Å²) in [5.74, 6) is 2.88. The predicted octanol–water partition coefficient (Wildman–Crippen LogP) is 2.67. The topological polar surface area (TPSA) is 38.8 Å². The molecule has 4 heteroatoms. The first-order chi connectivity index (χ1) is 10.7. The van der Waals surface area contributed by atoms with Crippen molar-refractivity contribution in [2.75, 3.05) is 27.3 Å². The molecule has 1 aromatic rings. The summed E-state index contributed by atoms with van der Waals surface area (Å²) in [7, 11) is 3.23. The highest BCUT2D eigenvalue weighted by Crippen LogP contribution is 2.33. The second kappa shape index (κ2) is 6.42. The van der Waals surface area contributed by atoms with E-state index in [9.17, 15) is 4.79 Å². The minimum atomic E-state index is 0.210. The van der Waals surface area contributed by atoms with Gasteiger partial charge in [0.15, 0.2) is 11.5 Å². The lowest BCUT2D eigenvalue weighted by Gasteiger charge is -2.17. The Balaban J connectivity index is 1.65. The minimum absolute atomic E-state index is 0.210. The van der Waals surface area contributed by atoms with E-state index in [-0.39, 0.29) is 5.91 Å². The summed E-state index contributed by atoms with van der Waals surface area (Å²) in [5.41, 5.74) is 0.968. The largest absolute Gasteiger partial charge is 0.493 e. The second-order valence-corrected chi connectivity index (χ2v) is 6.13. The van der Waals surface area contributed by atoms with Crippen LogP contribution in [0, 0.1) is 11.8 Å². The summed E-state index contributed by atoms with van der Waals surface area (Å²) < 4.78 is 10.5. The van der Waals surface area contributed by atoms with Gasteiger partial charge < -0.3 is 14.4 Å². The second-order valence-electron chi connectivity index (χ2n) is 6.13. The fraction of sp³-hybridized carbons (Fsp3) is 0.500. The summed E-state index contributed by atoms with van der Waals surface area (Å²) in [4.78, 5) is 14.6. The van der Waals surface area contributed by atoms with Gasteiger partial charge in [-0.15, -0.1) is 0 Å². The zero-order valence-corrected chi connectivity index (χ0v) is 13.2. The van der Waals surface area contributed by atoms with Gasteiger partial charge in [-0.25, -0.2) is 0 Å². The van der Waals surface area contributed by atoms with Crippen LogP contribution in [-0.4, -0.2) is 38.1 Å². The molecule has 22 heavy (non-hydrogen) atoms. The van der Waals surface area contributed by atoms with Crippen molar-refractivity contribution in [3.63, 3.8) is 0 Å². The molecule has 3 rings (SSSR count). The zero-order valence-electron chi connectivity index (χ0n) is 13.2. The third kappa shape index (κ3) is 2.96. The Morgan fingerprint density at radius 2 is 1.73 bits per heavy atom. The molecule has 0 radical (unpaired) electrons. The Morgan fingerprint density at radius 3 is 2.32 bits per heavy atom. The van der Waals surface area contributed by atoms with Crippen LogP contribution < -0.4 is 9.47 Å². The van der Waals surface area contributed by atoms with Crippen LogP contribution in [0.15, 0.2) is 30.4 Å². The van der Waals surface area contributed by atoms with Gasteiger partial charge in [0.2, 0.25) is 5.91 Å². The molecule has 1 saturated heterocycles. The number of carbonyl (C=O) groups excluding carboxylic acids is 1. The number of carbonyl (C=O) groups is 1. The molecule has 1 aromatic carbocycles. The Bertz CT molecular complexity index is 566. The van der Waals surface area contributed by atoms with Crippen LogP contribution in [-0.2, 0) is 11.2 Å². The summed E-state index contributed by atoms with van der Waals surface area (Å²) >= 11 is 0. The van der Waals surface area contributed by atoms with Crippen molar-refractivity contribution in [2.45, 2.75) is 19.3 Å². The van der Waals surface area contributed by atoms with E-state index in [4.69, 9.17) is 9.47 Å². The summed E-state index contributed by atoms with van der Waals surface area (Å²) in [6.45, 7) is 1.81. The minimum Gasteiger partial charge on any atom is -0.493 e. The lowest BCUT2D eigenvalue weighted by molar-refractivity contribution is -0.129. The van der Waals surface area contributed by atoms with E-state index in [0.717, 1.165) is 31.5 Å². The van der Waals surface area contributed by atoms with Gasteiger partial charge in [-0.3, -0.25) is 4.79 Å². The number of fused-ring (bicyclic) bond motifs is 1. The van der Waals surface area contributed by atoms with Crippen LogP contribution in [0.25, 0.3) is 0 Å². The quantitative estimate of drug-likeness (QED) is 0.803. The molecule has 1 amide bonds. The molecule has 1 aliphatic heterocycles. The maximum atomic E-state index is 12.5. The molecule has 4 nitrogen and oxygen atoms in total. The Kier molecular flexibility index (Phi) is 4.36. The number of amides is 1. The molecule has 1 aliphatic carbocycles. The fourth-order valence-corrected chi connectivity index (χ4v) is 3.50. The average Bonchev–Trinajstić information content (AvgIpc) is 2.99. The molecule has 0 N–H and O–H groups in total. The molecule has 2 aliphatic rings. The molecule has 1 heterocycles. The van der Waals surface area contributed by atoms with E-state index in [0.29, 0.717) is 29.8 Å². The number of allylic oxidation sites excluding steroid dienone is 2. The third-order valence-electron chi connectivity index (χ3n) is 4.78. The molecule has 0 saturated carbocycles. The standard InChI is InChI=1S/C18H23NO3/c1-21-16-8-7-13(9-17(16)22-2)10-18(20)19-11-14-5-3-4-6-15(14)12-19/h3-4,7-9,14-15H,5-6,10-12H2,1-2H3. The summed E-state index contributed by atoms with van der Waals surface area (Å²) in [6.07, 6.45) is 7.16. The lowest BCUT2D eigenvalue weighted by atomic mass is 9.86. The molecule has 2 unspecified atom stereocenters. The number of likely N-dealkylation sites (tertiary alicyclic amines) is 1. The Labute approximate surface area is 131 Å². The smallest absolute Gasteiger partial charge is 0.227 e. The molecule has 0 bridgehead atoms. The monoisotopic (exact) mass is 301 g/mol. The van der Waals surface area contributed by atoms with Crippen molar-refractivity contribution in [3.05, 3.63) is 35.9 Å². The van der Waals surface area contributed by atoms with Crippen LogP contribution in [0.2, 0.25) is 0 Å². The molecular formula is C18H23NO3. The lowest BCUT2D eigenvalue weighted by Crippen LogP contribution is -2.30. The molecule has 0 aromatic heterocycles. The van der Waals surface area contributed by atoms with Crippen molar-refractivity contribution < 1.29 is 14.3 Å². The van der Waals surface area contributed by atoms with E-state index < -0.39 is 0 Å². The summed E-state index contributed by atoms with van der Waals surface area (Å²) in [5, 5.41) is 0. The van der Waals surface area contributed by atoms with E-state index >= 15 is 0 Å². The van der Waals surface area contributed by atoms with Crippen molar-refractivity contribution in [2.24, 2.45) is 11.8 Å². The first-order valence-corrected chi connectivity index (χ1v) is 7.85. The molecule has 0 spiro atoms. The number of methoxy groups -OCH3 is 2. The number of nitrogens with zero attached hydrogens (tertiary/aromatic N) is 1. The fourth-order valence-electron chi connectivity index (χ4n) is 3.50. The van der Waals surface area contributed by atoms with Crippen molar-refractivity contribution in [3.8, 4) is 11.5 Å². The average molecular weight is 301 g/mol. The zero-order chi connectivity index (χ0) is 15.5. The van der Waals surface area contributed by atoms with Gasteiger partial charge >= 0.3 is 0 Å². The summed E-state index contributed by atoms with van der Waals surface area (Å²) in [6, 6.07) is 5.68. The Morgan fingerprint density at radius 1 is 1.09 bits per heavy atom. The normalized spacial score (nSPS) is 23.3. The number of hydrogen-bond acceptors (Lipinski definition) is 3. The molecule has 1 fully saturated rings. The van der Waals surface area contributed by atoms with E-state index in [2.05, 4.69) is 12.2 Å². The van der Waals surface area contributed by atoms with Crippen LogP contribution in [0.1, 0.15) is 18.4 Å². The van der Waals surface area contributed by atoms with Crippen LogP contribution >= 0.6 is 0 Å². The van der Waals surface area contributed by atoms with Crippen molar-refractivity contribution in [1.82, 2.24) is 4.90 Å². The maximum absolute atomic E-state index is 12.5. The predicted molar refractivity (Wildman–Crippen MR) is 85.2 cm³/mol. The van der Waals surface area contributed by atoms with Gasteiger partial charge in [-0.1, -0.05) is 18.2 Å². The van der Waals surface area contributed by atoms with Gasteiger partial charge in [-0.05, 0) is 42.4 Å². The molecule has 118 valence electrons. The first kappa shape index (κ1) is 14.9. The van der Waals surface area contributed by atoms with Gasteiger partial charge in [-0.2, -0.15) is 0 Å². The number of hydrogen-bond donors (Lipinski definition) is 0. The van der Waals surface area contributed by atoms with Gasteiger partial charge in [0.1, 0.15) is 0 Å². The van der Waals surface area contributed by atoms with Gasteiger partial charge in [0.25, 0.3) is 0 Å². The molecular weight excluding hydrogens is 278 g/mol. The van der Waals surface area contributed by atoms with Gasteiger partial charge in [0, 0.05) is 13.1 Å². The number of benzene rings is 1. The number of rotatable bonds is 4. The highest BCUT2D eigenvalue weighted by molar-refractivity contribution is 5.79. The van der Waals surface area contributed by atoms with Crippen molar-refractivity contribution >= 4 is 5.91 Å². The SMILES string of the molecule is COc1ccc(CC(=O)N2CC3CC=CCC3C2)cc1OC. The highest BCUT2D eigenvalue weighted by Gasteiger charge is 2.34. The highest BCUT2D eigenvalue weighted by atomic mass is 16.5. The first-order valence-electron chi connectivity index (χ1n) is 7.85. The van der Waals surface area contributed by atoms with Crippen LogP contribution in [0.5, 0.6) is 11.5 Å². The molecule has 2 atom stereocenters. The number of ether oxygens (including phenoxy) is 2. The third-order valence-corrected chi connectivity index (χ3v) is 4.78. The van der Waals surface area contributed by atoms with E-state index in [1.165, 1.54) is 0 Å². The Hall–Kier alpha value is -1.97. The van der Waals surface area contributed by atoms with E-state index in [1.54, 1.807) is 14.2 Å².